The number of para-hydroxylation sites is 5. The van der Waals surface area contributed by atoms with Gasteiger partial charge < -0.3 is 13.6 Å². The first-order valence-electron chi connectivity index (χ1n) is 15.6. The first-order valence-corrected chi connectivity index (χ1v) is 16.4. The van der Waals surface area contributed by atoms with E-state index in [9.17, 15) is 0 Å². The van der Waals surface area contributed by atoms with Crippen molar-refractivity contribution in [3.05, 3.63) is 146 Å². The van der Waals surface area contributed by atoms with Gasteiger partial charge in [-0.3, -0.25) is 0 Å². The molecule has 0 saturated carbocycles. The summed E-state index contributed by atoms with van der Waals surface area (Å²) in [5.74, 6) is 0. The molecule has 0 fully saturated rings. The molecule has 0 aliphatic rings. The van der Waals surface area contributed by atoms with Crippen LogP contribution in [0.4, 0.5) is 0 Å². The molecule has 11 rings (SSSR count). The van der Waals surface area contributed by atoms with E-state index in [0.717, 1.165) is 27.6 Å². The van der Waals surface area contributed by atoms with E-state index in [2.05, 4.69) is 149 Å². The zero-order valence-corrected chi connectivity index (χ0v) is 25.4. The number of nitrogens with zero attached hydrogens (tertiary/aromatic N) is 2. The molecule has 11 aromatic rings. The molecular formula is C42H24N2OS. The molecule has 46 heavy (non-hydrogen) atoms. The highest BCUT2D eigenvalue weighted by Gasteiger charge is 2.22. The lowest BCUT2D eigenvalue weighted by Gasteiger charge is -2.08. The molecular weight excluding hydrogens is 581 g/mol. The summed E-state index contributed by atoms with van der Waals surface area (Å²) in [6, 6.07) is 52.4. The maximum atomic E-state index is 6.55. The first kappa shape index (κ1) is 24.5. The van der Waals surface area contributed by atoms with Crippen LogP contribution in [0.3, 0.4) is 0 Å². The average molecular weight is 605 g/mol. The summed E-state index contributed by atoms with van der Waals surface area (Å²) >= 11 is 1.92. The van der Waals surface area contributed by atoms with E-state index in [1.807, 2.05) is 17.4 Å². The van der Waals surface area contributed by atoms with Gasteiger partial charge in [0.15, 0.2) is 5.58 Å². The topological polar surface area (TPSA) is 23.0 Å². The molecule has 0 atom stereocenters. The fourth-order valence-corrected chi connectivity index (χ4v) is 9.23. The standard InChI is InChI=1S/C42H24N2OS/c1-2-11-25(12-3-1)43-32-17-7-4-14-30(32)38-34(43)23-21-28-29-22-24-35-39(42(29)46-41(28)38)31-15-5-8-18-33(31)44(35)36-19-10-16-27-26-13-6-9-20-37(26)45-40(27)36/h1-24H. The SMILES string of the molecule is c1ccc(-n2c3ccccc3c3c4sc5c(ccc6c5c5ccccc5n6-c5cccc6c5oc5ccccc56)c4ccc32)cc1. The number of thiophene rings is 1. The lowest BCUT2D eigenvalue weighted by Crippen LogP contribution is -1.94. The highest BCUT2D eigenvalue weighted by Crippen LogP contribution is 2.48. The second-order valence-electron chi connectivity index (χ2n) is 12.1. The van der Waals surface area contributed by atoms with Gasteiger partial charge in [-0.1, -0.05) is 97.1 Å². The zero-order chi connectivity index (χ0) is 29.9. The van der Waals surface area contributed by atoms with Gasteiger partial charge in [-0.2, -0.15) is 0 Å². The van der Waals surface area contributed by atoms with Crippen LogP contribution in [0.5, 0.6) is 0 Å². The number of fused-ring (bicyclic) bond motifs is 14. The minimum absolute atomic E-state index is 0.913. The van der Waals surface area contributed by atoms with Crippen molar-refractivity contribution in [3.8, 4) is 11.4 Å². The molecule has 214 valence electrons. The van der Waals surface area contributed by atoms with Crippen molar-refractivity contribution in [3.63, 3.8) is 0 Å². The van der Waals surface area contributed by atoms with Crippen molar-refractivity contribution >= 4 is 97.1 Å². The van der Waals surface area contributed by atoms with Crippen LogP contribution in [0.25, 0.3) is 97.1 Å². The Morgan fingerprint density at radius 3 is 1.67 bits per heavy atom. The fraction of sp³-hybridized carbons (Fsp3) is 0. The minimum atomic E-state index is 0.913. The van der Waals surface area contributed by atoms with Crippen molar-refractivity contribution in [2.75, 3.05) is 0 Å². The van der Waals surface area contributed by atoms with Crippen molar-refractivity contribution in [2.24, 2.45) is 0 Å². The summed E-state index contributed by atoms with van der Waals surface area (Å²) in [5, 5.41) is 10.0. The van der Waals surface area contributed by atoms with Crippen LogP contribution in [0.1, 0.15) is 0 Å². The smallest absolute Gasteiger partial charge is 0.159 e. The van der Waals surface area contributed by atoms with E-state index in [0.29, 0.717) is 0 Å². The normalized spacial score (nSPS) is 12.3. The van der Waals surface area contributed by atoms with Gasteiger partial charge in [0.1, 0.15) is 5.58 Å². The largest absolute Gasteiger partial charge is 0.454 e. The van der Waals surface area contributed by atoms with Crippen LogP contribution >= 0.6 is 11.3 Å². The molecule has 4 aromatic heterocycles. The van der Waals surface area contributed by atoms with E-state index >= 15 is 0 Å². The lowest BCUT2D eigenvalue weighted by atomic mass is 10.1. The first-order chi connectivity index (χ1) is 22.8. The van der Waals surface area contributed by atoms with Gasteiger partial charge in [-0.15, -0.1) is 11.3 Å². The van der Waals surface area contributed by atoms with Crippen LogP contribution in [0, 0.1) is 0 Å². The van der Waals surface area contributed by atoms with Crippen molar-refractivity contribution in [1.82, 2.24) is 9.13 Å². The molecule has 3 nitrogen and oxygen atoms in total. The van der Waals surface area contributed by atoms with Gasteiger partial charge in [-0.05, 0) is 48.5 Å². The molecule has 0 saturated heterocycles. The summed E-state index contributed by atoms with van der Waals surface area (Å²) in [5.41, 5.74) is 8.91. The van der Waals surface area contributed by atoms with Crippen LogP contribution in [-0.4, -0.2) is 9.13 Å². The van der Waals surface area contributed by atoms with Gasteiger partial charge in [0.05, 0.1) is 27.8 Å². The second-order valence-corrected chi connectivity index (χ2v) is 13.1. The quantitative estimate of drug-likeness (QED) is 0.192. The monoisotopic (exact) mass is 604 g/mol. The van der Waals surface area contributed by atoms with Gasteiger partial charge in [0.2, 0.25) is 0 Å². The van der Waals surface area contributed by atoms with Gasteiger partial charge in [0.25, 0.3) is 0 Å². The summed E-state index contributed by atoms with van der Waals surface area (Å²) in [6.07, 6.45) is 0. The highest BCUT2D eigenvalue weighted by molar-refractivity contribution is 7.27. The molecule has 0 bridgehead atoms. The molecule has 0 spiro atoms. The number of benzene rings is 7. The van der Waals surface area contributed by atoms with Crippen molar-refractivity contribution in [2.45, 2.75) is 0 Å². The van der Waals surface area contributed by atoms with Gasteiger partial charge in [0, 0.05) is 58.2 Å². The van der Waals surface area contributed by atoms with Crippen molar-refractivity contribution in [1.29, 1.82) is 0 Å². The summed E-state index contributed by atoms with van der Waals surface area (Å²) in [7, 11) is 0. The van der Waals surface area contributed by atoms with Crippen LogP contribution in [-0.2, 0) is 0 Å². The van der Waals surface area contributed by atoms with E-state index in [-0.39, 0.29) is 0 Å². The maximum Gasteiger partial charge on any atom is 0.159 e. The molecule has 0 unspecified atom stereocenters. The average Bonchev–Trinajstić information content (AvgIpc) is 3.86. The fourth-order valence-electron chi connectivity index (χ4n) is 7.82. The van der Waals surface area contributed by atoms with Crippen LogP contribution in [0.15, 0.2) is 150 Å². The molecule has 4 heteroatoms. The Hall–Kier alpha value is -5.84. The highest BCUT2D eigenvalue weighted by atomic mass is 32.1. The number of hydrogen-bond donors (Lipinski definition) is 0. The van der Waals surface area contributed by atoms with Gasteiger partial charge in [-0.25, -0.2) is 0 Å². The van der Waals surface area contributed by atoms with E-state index in [1.54, 1.807) is 0 Å². The van der Waals surface area contributed by atoms with Crippen molar-refractivity contribution < 1.29 is 4.42 Å². The number of hydrogen-bond acceptors (Lipinski definition) is 2. The Balaban J connectivity index is 1.28. The van der Waals surface area contributed by atoms with E-state index < -0.39 is 0 Å². The number of rotatable bonds is 2. The molecule has 7 aromatic carbocycles. The predicted molar refractivity (Wildman–Crippen MR) is 195 cm³/mol. The minimum Gasteiger partial charge on any atom is -0.454 e. The maximum absolute atomic E-state index is 6.55. The third kappa shape index (κ3) is 3.06. The Kier molecular flexibility index (Phi) is 4.72. The third-order valence-electron chi connectivity index (χ3n) is 9.71. The molecule has 0 amide bonds. The third-order valence-corrected chi connectivity index (χ3v) is 11.0. The Morgan fingerprint density at radius 2 is 0.957 bits per heavy atom. The predicted octanol–water partition coefficient (Wildman–Crippen LogP) is 12.1. The van der Waals surface area contributed by atoms with E-state index in [1.165, 1.54) is 69.5 Å². The Labute approximate surface area is 266 Å². The summed E-state index contributed by atoms with van der Waals surface area (Å²) in [4.78, 5) is 0. The molecule has 0 aliphatic heterocycles. The van der Waals surface area contributed by atoms with Crippen LogP contribution < -0.4 is 0 Å². The summed E-state index contributed by atoms with van der Waals surface area (Å²) < 4.78 is 14.0. The second kappa shape index (κ2) is 8.87. The molecule has 0 radical (unpaired) electrons. The van der Waals surface area contributed by atoms with Crippen LogP contribution in [0.2, 0.25) is 0 Å². The Bertz CT molecular complexity index is 3030. The van der Waals surface area contributed by atoms with E-state index in [4.69, 9.17) is 4.42 Å². The molecule has 0 N–H and O–H groups in total. The zero-order valence-electron chi connectivity index (χ0n) is 24.6. The molecule has 4 heterocycles. The molecule has 0 aliphatic carbocycles. The Morgan fingerprint density at radius 1 is 0.391 bits per heavy atom. The van der Waals surface area contributed by atoms with Gasteiger partial charge >= 0.3 is 0 Å². The number of furan rings is 1. The summed E-state index contributed by atoms with van der Waals surface area (Å²) in [6.45, 7) is 0. The number of aromatic nitrogens is 2. The lowest BCUT2D eigenvalue weighted by molar-refractivity contribution is 0.666.